The minimum absolute atomic E-state index is 0.0901. The standard InChI is InChI=1S/C50H84O6/c1-4-7-10-13-16-18-20-22-24-25-27-28-30-32-34-37-40-43-49(52)55-46-47(45-54-48(51)42-39-36-15-12-9-6-3)56-50(53)44-41-38-35-33-31-29-26-23-21-19-17-14-11-8-5-2/h7,10,16-19,22-24,26-28,47H,4-6,8-9,11-15,20-21,25,29-46H2,1-3H3/b10-7-,18-16-,19-17-,24-22-,26-23-,28-27-. The fourth-order valence-electron chi connectivity index (χ4n) is 5.99. The monoisotopic (exact) mass is 781 g/mol. The molecule has 0 radical (unpaired) electrons. The van der Waals surface area contributed by atoms with E-state index in [1.165, 1.54) is 44.9 Å². The van der Waals surface area contributed by atoms with Gasteiger partial charge in [-0.05, 0) is 89.9 Å². The number of allylic oxidation sites excluding steroid dienone is 12. The van der Waals surface area contributed by atoms with Crippen molar-refractivity contribution in [3.8, 4) is 0 Å². The lowest BCUT2D eigenvalue weighted by atomic mass is 10.1. The highest BCUT2D eigenvalue weighted by atomic mass is 16.6. The van der Waals surface area contributed by atoms with E-state index in [0.717, 1.165) is 122 Å². The first kappa shape index (κ1) is 52.9. The van der Waals surface area contributed by atoms with Crippen molar-refractivity contribution in [2.45, 2.75) is 213 Å². The lowest BCUT2D eigenvalue weighted by Crippen LogP contribution is -2.30. The van der Waals surface area contributed by atoms with Crippen LogP contribution in [0.1, 0.15) is 207 Å². The third-order valence-corrected chi connectivity index (χ3v) is 9.45. The molecule has 0 fully saturated rings. The summed E-state index contributed by atoms with van der Waals surface area (Å²) in [5.41, 5.74) is 0. The second-order valence-electron chi connectivity index (χ2n) is 14.9. The van der Waals surface area contributed by atoms with Crippen LogP contribution in [0.2, 0.25) is 0 Å². The third kappa shape index (κ3) is 42.0. The molecule has 320 valence electrons. The molecule has 1 atom stereocenters. The van der Waals surface area contributed by atoms with E-state index in [9.17, 15) is 14.4 Å². The van der Waals surface area contributed by atoms with E-state index >= 15 is 0 Å². The number of unbranched alkanes of at least 4 members (excludes halogenated alkanes) is 17. The minimum Gasteiger partial charge on any atom is -0.462 e. The van der Waals surface area contributed by atoms with Gasteiger partial charge in [0.2, 0.25) is 0 Å². The quantitative estimate of drug-likeness (QED) is 0.0267. The average Bonchev–Trinajstić information content (AvgIpc) is 3.19. The molecule has 56 heavy (non-hydrogen) atoms. The molecule has 0 aromatic carbocycles. The maximum atomic E-state index is 12.7. The predicted octanol–water partition coefficient (Wildman–Crippen LogP) is 14.7. The molecule has 6 nitrogen and oxygen atoms in total. The van der Waals surface area contributed by atoms with Crippen molar-refractivity contribution in [1.29, 1.82) is 0 Å². The second kappa shape index (κ2) is 44.6. The molecule has 0 amide bonds. The highest BCUT2D eigenvalue weighted by molar-refractivity contribution is 5.71. The van der Waals surface area contributed by atoms with E-state index in [0.29, 0.717) is 19.3 Å². The Morgan fingerprint density at radius 1 is 0.375 bits per heavy atom. The fourth-order valence-corrected chi connectivity index (χ4v) is 5.99. The van der Waals surface area contributed by atoms with E-state index in [-0.39, 0.29) is 31.1 Å². The molecular formula is C50H84O6. The second-order valence-corrected chi connectivity index (χ2v) is 14.9. The van der Waals surface area contributed by atoms with Gasteiger partial charge < -0.3 is 14.2 Å². The topological polar surface area (TPSA) is 78.9 Å². The first-order valence-corrected chi connectivity index (χ1v) is 22.9. The molecule has 1 unspecified atom stereocenters. The van der Waals surface area contributed by atoms with Crippen molar-refractivity contribution >= 4 is 17.9 Å². The van der Waals surface area contributed by atoms with Crippen molar-refractivity contribution < 1.29 is 28.6 Å². The van der Waals surface area contributed by atoms with Gasteiger partial charge in [-0.15, -0.1) is 0 Å². The number of carbonyl (C=O) groups is 3. The van der Waals surface area contributed by atoms with Crippen LogP contribution in [-0.4, -0.2) is 37.2 Å². The molecule has 0 saturated heterocycles. The lowest BCUT2D eigenvalue weighted by molar-refractivity contribution is -0.167. The first-order chi connectivity index (χ1) is 27.5. The number of esters is 3. The summed E-state index contributed by atoms with van der Waals surface area (Å²) in [6.45, 7) is 6.38. The van der Waals surface area contributed by atoms with Crippen molar-refractivity contribution in [2.75, 3.05) is 13.2 Å². The van der Waals surface area contributed by atoms with E-state index in [2.05, 4.69) is 93.7 Å². The Hall–Kier alpha value is -3.15. The summed E-state index contributed by atoms with van der Waals surface area (Å²) >= 11 is 0. The number of hydrogen-bond donors (Lipinski definition) is 0. The number of carbonyl (C=O) groups excluding carboxylic acids is 3. The van der Waals surface area contributed by atoms with Crippen molar-refractivity contribution in [2.24, 2.45) is 0 Å². The maximum absolute atomic E-state index is 12.7. The van der Waals surface area contributed by atoms with Crippen LogP contribution < -0.4 is 0 Å². The maximum Gasteiger partial charge on any atom is 0.306 e. The molecule has 0 aromatic heterocycles. The van der Waals surface area contributed by atoms with Gasteiger partial charge in [-0.1, -0.05) is 171 Å². The van der Waals surface area contributed by atoms with Gasteiger partial charge in [0.25, 0.3) is 0 Å². The zero-order chi connectivity index (χ0) is 40.8. The Morgan fingerprint density at radius 2 is 0.696 bits per heavy atom. The van der Waals surface area contributed by atoms with Crippen LogP contribution in [0.3, 0.4) is 0 Å². The zero-order valence-corrected chi connectivity index (χ0v) is 36.4. The zero-order valence-electron chi connectivity index (χ0n) is 36.4. The largest absolute Gasteiger partial charge is 0.462 e. The van der Waals surface area contributed by atoms with Gasteiger partial charge in [0, 0.05) is 19.3 Å². The molecule has 0 aliphatic carbocycles. The molecule has 0 rings (SSSR count). The average molecular weight is 781 g/mol. The predicted molar refractivity (Wildman–Crippen MR) is 238 cm³/mol. The molecule has 0 saturated carbocycles. The molecule has 0 bridgehead atoms. The van der Waals surface area contributed by atoms with E-state index in [1.54, 1.807) is 0 Å². The molecule has 0 aliphatic rings. The number of hydrogen-bond acceptors (Lipinski definition) is 6. The molecular weight excluding hydrogens is 697 g/mol. The van der Waals surface area contributed by atoms with Crippen molar-refractivity contribution in [3.63, 3.8) is 0 Å². The van der Waals surface area contributed by atoms with Crippen LogP contribution in [0, 0.1) is 0 Å². The van der Waals surface area contributed by atoms with Crippen LogP contribution in [0.5, 0.6) is 0 Å². The lowest BCUT2D eigenvalue weighted by Gasteiger charge is -2.18. The summed E-state index contributed by atoms with van der Waals surface area (Å²) in [6, 6.07) is 0. The highest BCUT2D eigenvalue weighted by Crippen LogP contribution is 2.12. The highest BCUT2D eigenvalue weighted by Gasteiger charge is 2.19. The van der Waals surface area contributed by atoms with E-state index < -0.39 is 6.10 Å². The van der Waals surface area contributed by atoms with E-state index in [4.69, 9.17) is 14.2 Å². The number of ether oxygens (including phenoxy) is 3. The molecule has 6 heteroatoms. The van der Waals surface area contributed by atoms with Crippen LogP contribution in [0.25, 0.3) is 0 Å². The SMILES string of the molecule is CC/C=C\C/C=C\C/C=C\C/C=C\CCCCCCC(=O)OCC(COC(=O)CCCCCCCC)OC(=O)CCCCCCC/C=C\C/C=C\CCCCC. The van der Waals surface area contributed by atoms with Crippen LogP contribution >= 0.6 is 0 Å². The van der Waals surface area contributed by atoms with Crippen LogP contribution in [0.15, 0.2) is 72.9 Å². The van der Waals surface area contributed by atoms with Gasteiger partial charge >= 0.3 is 17.9 Å². The van der Waals surface area contributed by atoms with E-state index in [1.807, 2.05) is 0 Å². The summed E-state index contributed by atoms with van der Waals surface area (Å²) in [5.74, 6) is -0.944. The Kier molecular flexibility index (Phi) is 42.1. The Bertz CT molecular complexity index is 1080. The molecule has 0 spiro atoms. The van der Waals surface area contributed by atoms with Crippen molar-refractivity contribution in [3.05, 3.63) is 72.9 Å². The van der Waals surface area contributed by atoms with Crippen molar-refractivity contribution in [1.82, 2.24) is 0 Å². The summed E-state index contributed by atoms with van der Waals surface area (Å²) in [5, 5.41) is 0. The molecule has 0 aromatic rings. The third-order valence-electron chi connectivity index (χ3n) is 9.45. The molecule has 0 heterocycles. The van der Waals surface area contributed by atoms with Gasteiger partial charge in [-0.2, -0.15) is 0 Å². The number of rotatable bonds is 40. The minimum atomic E-state index is -0.788. The fraction of sp³-hybridized carbons (Fsp3) is 0.700. The van der Waals surface area contributed by atoms with Gasteiger partial charge in [-0.25, -0.2) is 0 Å². The summed E-state index contributed by atoms with van der Waals surface area (Å²) < 4.78 is 16.6. The van der Waals surface area contributed by atoms with Gasteiger partial charge in [0.15, 0.2) is 6.10 Å². The van der Waals surface area contributed by atoms with Crippen LogP contribution in [0.4, 0.5) is 0 Å². The Morgan fingerprint density at radius 3 is 1.12 bits per heavy atom. The first-order valence-electron chi connectivity index (χ1n) is 22.9. The Balaban J connectivity index is 4.35. The van der Waals surface area contributed by atoms with Crippen LogP contribution in [-0.2, 0) is 28.6 Å². The molecule has 0 N–H and O–H groups in total. The Labute approximate surface area is 344 Å². The summed E-state index contributed by atoms with van der Waals surface area (Å²) in [7, 11) is 0. The molecule has 0 aliphatic heterocycles. The van der Waals surface area contributed by atoms with Gasteiger partial charge in [0.05, 0.1) is 0 Å². The smallest absolute Gasteiger partial charge is 0.306 e. The normalized spacial score (nSPS) is 12.7. The van der Waals surface area contributed by atoms with Gasteiger partial charge in [0.1, 0.15) is 13.2 Å². The summed E-state index contributed by atoms with van der Waals surface area (Å²) in [6.07, 6.45) is 54.7. The summed E-state index contributed by atoms with van der Waals surface area (Å²) in [4.78, 5) is 37.6. The van der Waals surface area contributed by atoms with Gasteiger partial charge in [-0.3, -0.25) is 14.4 Å².